The molecular weight excluding hydrogens is 289 g/mol. The Bertz CT molecular complexity index is 374. The van der Waals surface area contributed by atoms with E-state index in [0.29, 0.717) is 11.3 Å². The second-order valence-electron chi connectivity index (χ2n) is 5.54. The molecule has 1 saturated carbocycles. The highest BCUT2D eigenvalue weighted by Gasteiger charge is 2.35. The number of alkyl halides is 3. The predicted octanol–water partition coefficient (Wildman–Crippen LogP) is 2.61. The molecule has 0 aromatic heterocycles. The molecule has 1 aliphatic rings. The normalized spacial score (nSPS) is 23.2. The van der Waals surface area contributed by atoms with Crippen LogP contribution in [0.1, 0.15) is 39.0 Å². The number of carboxylic acids is 1. The summed E-state index contributed by atoms with van der Waals surface area (Å²) in [4.78, 5) is 22.8. The highest BCUT2D eigenvalue weighted by molar-refractivity contribution is 5.80. The zero-order chi connectivity index (χ0) is 16.0. The van der Waals surface area contributed by atoms with Crippen molar-refractivity contribution in [3.8, 4) is 0 Å². The Morgan fingerprint density at radius 3 is 2.43 bits per heavy atom. The summed E-state index contributed by atoms with van der Waals surface area (Å²) < 4.78 is 37.3. The third-order valence-corrected chi connectivity index (χ3v) is 3.65. The van der Waals surface area contributed by atoms with Crippen LogP contribution in [0.25, 0.3) is 0 Å². The van der Waals surface area contributed by atoms with Crippen molar-refractivity contribution in [1.29, 1.82) is 0 Å². The average Bonchev–Trinajstić information content (AvgIpc) is 2.52. The van der Waals surface area contributed by atoms with E-state index in [1.165, 1.54) is 0 Å². The molecule has 0 spiro atoms. The van der Waals surface area contributed by atoms with Crippen LogP contribution in [0.4, 0.5) is 18.0 Å². The fourth-order valence-electron chi connectivity index (χ4n) is 2.54. The van der Waals surface area contributed by atoms with Gasteiger partial charge in [-0.1, -0.05) is 26.2 Å². The van der Waals surface area contributed by atoms with Crippen molar-refractivity contribution in [2.45, 2.75) is 51.2 Å². The molecule has 0 aromatic rings. The van der Waals surface area contributed by atoms with Crippen LogP contribution in [0.3, 0.4) is 0 Å². The molecule has 21 heavy (non-hydrogen) atoms. The van der Waals surface area contributed by atoms with Crippen LogP contribution < -0.4 is 5.32 Å². The Labute approximate surface area is 121 Å². The first kappa shape index (κ1) is 17.6. The smallest absolute Gasteiger partial charge is 0.406 e. The van der Waals surface area contributed by atoms with Crippen LogP contribution in [0, 0.1) is 5.92 Å². The Hall–Kier alpha value is -1.47. The Balaban J connectivity index is 2.68. The summed E-state index contributed by atoms with van der Waals surface area (Å²) in [6.07, 6.45) is -0.0225. The van der Waals surface area contributed by atoms with E-state index in [9.17, 15) is 22.8 Å². The van der Waals surface area contributed by atoms with Crippen molar-refractivity contribution in [2.75, 3.05) is 13.1 Å². The van der Waals surface area contributed by atoms with Crippen LogP contribution in [-0.2, 0) is 4.79 Å². The van der Waals surface area contributed by atoms with Gasteiger partial charge in [0.2, 0.25) is 0 Å². The van der Waals surface area contributed by atoms with E-state index in [4.69, 9.17) is 5.11 Å². The molecule has 1 aliphatic carbocycles. The minimum absolute atomic E-state index is 0.175. The number of halogens is 3. The molecular formula is C13H21F3N2O3. The molecule has 0 aromatic carbocycles. The third kappa shape index (κ3) is 6.68. The molecule has 5 nitrogen and oxygen atoms in total. The lowest BCUT2D eigenvalue weighted by molar-refractivity contribution is -0.149. The van der Waals surface area contributed by atoms with Gasteiger partial charge in [-0.15, -0.1) is 0 Å². The topological polar surface area (TPSA) is 69.6 Å². The number of nitrogens with zero attached hydrogens (tertiary/aromatic N) is 1. The molecule has 2 atom stereocenters. The molecule has 0 heterocycles. The molecule has 8 heteroatoms. The molecule has 2 amide bonds. The second kappa shape index (κ2) is 7.51. The van der Waals surface area contributed by atoms with E-state index in [-0.39, 0.29) is 12.0 Å². The van der Waals surface area contributed by atoms with Crippen molar-refractivity contribution in [2.24, 2.45) is 5.92 Å². The predicted molar refractivity (Wildman–Crippen MR) is 69.8 cm³/mol. The van der Waals surface area contributed by atoms with Gasteiger partial charge in [-0.25, -0.2) is 4.79 Å². The molecule has 1 rings (SSSR count). The highest BCUT2D eigenvalue weighted by atomic mass is 19.4. The summed E-state index contributed by atoms with van der Waals surface area (Å²) in [6.45, 7) is -0.583. The Morgan fingerprint density at radius 2 is 1.86 bits per heavy atom. The fraction of sp³-hybridized carbons (Fsp3) is 0.846. The van der Waals surface area contributed by atoms with Gasteiger partial charge in [-0.05, 0) is 18.8 Å². The number of rotatable bonds is 4. The molecule has 2 N–H and O–H groups in total. The van der Waals surface area contributed by atoms with Gasteiger partial charge in [0.05, 0.1) is 0 Å². The first-order valence-corrected chi connectivity index (χ1v) is 7.03. The van der Waals surface area contributed by atoms with E-state index >= 15 is 0 Å². The summed E-state index contributed by atoms with van der Waals surface area (Å²) in [7, 11) is 0. The number of urea groups is 1. The maximum absolute atomic E-state index is 12.4. The number of amides is 2. The minimum Gasteiger partial charge on any atom is -0.480 e. The fourth-order valence-corrected chi connectivity index (χ4v) is 2.54. The summed E-state index contributed by atoms with van der Waals surface area (Å²) in [6, 6.07) is -1.17. The van der Waals surface area contributed by atoms with E-state index in [1.807, 2.05) is 6.92 Å². The zero-order valence-electron chi connectivity index (χ0n) is 11.9. The average molecular weight is 310 g/mol. The van der Waals surface area contributed by atoms with Crippen LogP contribution in [0.2, 0.25) is 0 Å². The van der Waals surface area contributed by atoms with Crippen LogP contribution >= 0.6 is 0 Å². The van der Waals surface area contributed by atoms with Gasteiger partial charge in [0.1, 0.15) is 13.1 Å². The number of carbonyl (C=O) groups is 2. The van der Waals surface area contributed by atoms with Gasteiger partial charge in [-0.2, -0.15) is 13.2 Å². The second-order valence-corrected chi connectivity index (χ2v) is 5.54. The summed E-state index contributed by atoms with van der Waals surface area (Å²) >= 11 is 0. The lowest BCUT2D eigenvalue weighted by atomic mass is 9.97. The standard InChI is InChI=1S/C13H21F3N2O3/c1-9-5-3-2-4-6-10(9)17-12(21)18(7-11(19)20)8-13(14,15)16/h9-10H,2-8H2,1H3,(H,17,21)(H,19,20). The van der Waals surface area contributed by atoms with E-state index < -0.39 is 31.3 Å². The molecule has 0 aliphatic heterocycles. The molecule has 0 saturated heterocycles. The maximum atomic E-state index is 12.4. The molecule has 2 unspecified atom stereocenters. The van der Waals surface area contributed by atoms with Gasteiger partial charge in [0, 0.05) is 6.04 Å². The SMILES string of the molecule is CC1CCCCCC1NC(=O)N(CC(=O)O)CC(F)(F)F. The number of hydrogen-bond donors (Lipinski definition) is 2. The number of aliphatic carboxylic acids is 1. The van der Waals surface area contributed by atoms with E-state index in [2.05, 4.69) is 5.32 Å². The number of nitrogens with one attached hydrogen (secondary N) is 1. The lowest BCUT2D eigenvalue weighted by Crippen LogP contribution is -2.51. The van der Waals surface area contributed by atoms with Gasteiger partial charge >= 0.3 is 18.2 Å². The van der Waals surface area contributed by atoms with E-state index in [1.54, 1.807) is 0 Å². The summed E-state index contributed by atoms with van der Waals surface area (Å²) in [5.74, 6) is -1.29. The largest absolute Gasteiger partial charge is 0.480 e. The first-order chi connectivity index (χ1) is 9.69. The number of carboxylic acid groups (broad SMARTS) is 1. The van der Waals surface area contributed by atoms with Gasteiger partial charge < -0.3 is 15.3 Å². The lowest BCUT2D eigenvalue weighted by Gasteiger charge is -2.28. The minimum atomic E-state index is -4.62. The quantitative estimate of drug-likeness (QED) is 0.784. The van der Waals surface area contributed by atoms with Gasteiger partial charge in [-0.3, -0.25) is 4.79 Å². The van der Waals surface area contributed by atoms with Crippen molar-refractivity contribution in [1.82, 2.24) is 10.2 Å². The van der Waals surface area contributed by atoms with Crippen molar-refractivity contribution in [3.63, 3.8) is 0 Å². The van der Waals surface area contributed by atoms with Gasteiger partial charge in [0.25, 0.3) is 0 Å². The van der Waals surface area contributed by atoms with Crippen LogP contribution in [0.5, 0.6) is 0 Å². The van der Waals surface area contributed by atoms with Crippen molar-refractivity contribution < 1.29 is 27.9 Å². The molecule has 1 fully saturated rings. The van der Waals surface area contributed by atoms with Crippen molar-refractivity contribution in [3.05, 3.63) is 0 Å². The number of hydrogen-bond acceptors (Lipinski definition) is 2. The third-order valence-electron chi connectivity index (χ3n) is 3.65. The highest BCUT2D eigenvalue weighted by Crippen LogP contribution is 2.23. The molecule has 122 valence electrons. The monoisotopic (exact) mass is 310 g/mol. The first-order valence-electron chi connectivity index (χ1n) is 7.03. The van der Waals surface area contributed by atoms with E-state index in [0.717, 1.165) is 25.7 Å². The van der Waals surface area contributed by atoms with Crippen molar-refractivity contribution >= 4 is 12.0 Å². The Morgan fingerprint density at radius 1 is 1.24 bits per heavy atom. The zero-order valence-corrected chi connectivity index (χ0v) is 11.9. The maximum Gasteiger partial charge on any atom is 0.406 e. The molecule has 0 bridgehead atoms. The van der Waals surface area contributed by atoms with Crippen LogP contribution in [0.15, 0.2) is 0 Å². The number of carbonyl (C=O) groups excluding carboxylic acids is 1. The summed E-state index contributed by atoms with van der Waals surface area (Å²) in [5, 5.41) is 11.2. The summed E-state index contributed by atoms with van der Waals surface area (Å²) in [5.41, 5.74) is 0. The molecule has 0 radical (unpaired) electrons. The van der Waals surface area contributed by atoms with Gasteiger partial charge in [0.15, 0.2) is 0 Å². The van der Waals surface area contributed by atoms with Crippen LogP contribution in [-0.4, -0.2) is 47.3 Å². The Kier molecular flexibility index (Phi) is 6.29.